The summed E-state index contributed by atoms with van der Waals surface area (Å²) in [7, 11) is 0. The lowest BCUT2D eigenvalue weighted by molar-refractivity contribution is -0.119. The van der Waals surface area contributed by atoms with Crippen LogP contribution in [-0.4, -0.2) is 23.6 Å². The zero-order valence-corrected chi connectivity index (χ0v) is 11.6. The summed E-state index contributed by atoms with van der Waals surface area (Å²) in [5, 5.41) is 6.06. The fraction of sp³-hybridized carbons (Fsp3) is 0.154. The van der Waals surface area contributed by atoms with E-state index in [2.05, 4.69) is 10.5 Å². The Bertz CT molecular complexity index is 687. The number of nitrogens with one attached hydrogen (secondary N) is 1. The van der Waals surface area contributed by atoms with Crippen LogP contribution < -0.4 is 5.32 Å². The maximum absolute atomic E-state index is 13.5. The molecule has 2 rings (SSSR count). The van der Waals surface area contributed by atoms with Crippen molar-refractivity contribution in [2.75, 3.05) is 11.9 Å². The number of aryl methyl sites for hydroxylation is 1. The highest BCUT2D eigenvalue weighted by molar-refractivity contribution is 6.30. The van der Waals surface area contributed by atoms with E-state index in [1.165, 1.54) is 18.2 Å². The van der Waals surface area contributed by atoms with Crippen LogP contribution in [0, 0.1) is 12.7 Å². The number of hydrogen-bond acceptors (Lipinski definition) is 5. The van der Waals surface area contributed by atoms with Crippen molar-refractivity contribution in [2.45, 2.75) is 6.92 Å². The number of ether oxygens (including phenoxy) is 1. The van der Waals surface area contributed by atoms with Crippen LogP contribution in [0.5, 0.6) is 0 Å². The zero-order chi connectivity index (χ0) is 15.4. The van der Waals surface area contributed by atoms with Crippen molar-refractivity contribution in [3.05, 3.63) is 46.4 Å². The summed E-state index contributed by atoms with van der Waals surface area (Å²) in [5.41, 5.74) is 0.285. The van der Waals surface area contributed by atoms with E-state index in [0.29, 0.717) is 5.69 Å². The number of esters is 1. The van der Waals surface area contributed by atoms with Crippen LogP contribution in [0.1, 0.15) is 16.1 Å². The molecule has 0 aliphatic rings. The van der Waals surface area contributed by atoms with Crippen molar-refractivity contribution in [3.8, 4) is 0 Å². The van der Waals surface area contributed by atoms with Crippen LogP contribution in [0.15, 0.2) is 28.8 Å². The summed E-state index contributed by atoms with van der Waals surface area (Å²) in [6.07, 6.45) is 0. The molecule has 1 aromatic heterocycles. The Morgan fingerprint density at radius 3 is 2.81 bits per heavy atom. The number of carbonyl (C=O) groups is 2. The minimum Gasteiger partial charge on any atom is -0.452 e. The van der Waals surface area contributed by atoms with Crippen molar-refractivity contribution in [3.63, 3.8) is 0 Å². The van der Waals surface area contributed by atoms with E-state index in [-0.39, 0.29) is 16.5 Å². The van der Waals surface area contributed by atoms with E-state index >= 15 is 0 Å². The van der Waals surface area contributed by atoms with Gasteiger partial charge in [-0.2, -0.15) is 0 Å². The molecule has 21 heavy (non-hydrogen) atoms. The van der Waals surface area contributed by atoms with Gasteiger partial charge in [-0.15, -0.1) is 0 Å². The van der Waals surface area contributed by atoms with Gasteiger partial charge in [-0.05, 0) is 25.1 Å². The van der Waals surface area contributed by atoms with Gasteiger partial charge in [0.2, 0.25) is 5.88 Å². The van der Waals surface area contributed by atoms with E-state index in [1.54, 1.807) is 6.92 Å². The van der Waals surface area contributed by atoms with Crippen LogP contribution in [0.2, 0.25) is 5.02 Å². The molecule has 1 heterocycles. The second-order valence-electron chi connectivity index (χ2n) is 4.08. The Morgan fingerprint density at radius 2 is 2.19 bits per heavy atom. The third-order valence-electron chi connectivity index (χ3n) is 2.38. The molecule has 0 spiro atoms. The molecule has 1 amide bonds. The number of aromatic nitrogens is 1. The van der Waals surface area contributed by atoms with Gasteiger partial charge in [0.15, 0.2) is 6.61 Å². The first kappa shape index (κ1) is 15.0. The van der Waals surface area contributed by atoms with Gasteiger partial charge in [0, 0.05) is 11.1 Å². The number of amides is 1. The van der Waals surface area contributed by atoms with E-state index in [0.717, 1.165) is 6.07 Å². The summed E-state index contributed by atoms with van der Waals surface area (Å²) in [6.45, 7) is 1.10. The van der Waals surface area contributed by atoms with Gasteiger partial charge < -0.3 is 9.26 Å². The predicted molar refractivity (Wildman–Crippen MR) is 71.6 cm³/mol. The fourth-order valence-corrected chi connectivity index (χ4v) is 1.62. The number of nitrogens with zero attached hydrogens (tertiary/aromatic N) is 1. The third kappa shape index (κ3) is 4.03. The van der Waals surface area contributed by atoms with Crippen molar-refractivity contribution in [1.29, 1.82) is 0 Å². The molecular formula is C13H10ClFN2O4. The minimum atomic E-state index is -0.965. The topological polar surface area (TPSA) is 81.4 Å². The predicted octanol–water partition coefficient (Wildman–Crippen LogP) is 2.57. The van der Waals surface area contributed by atoms with Crippen molar-refractivity contribution in [2.24, 2.45) is 0 Å². The molecular weight excluding hydrogens is 303 g/mol. The summed E-state index contributed by atoms with van der Waals surface area (Å²) in [5.74, 6) is -2.29. The van der Waals surface area contributed by atoms with Gasteiger partial charge in [-0.25, -0.2) is 9.18 Å². The van der Waals surface area contributed by atoms with Gasteiger partial charge in [-0.3, -0.25) is 10.1 Å². The molecule has 0 fully saturated rings. The minimum absolute atomic E-state index is 0.131. The third-order valence-corrected chi connectivity index (χ3v) is 2.61. The normalized spacial score (nSPS) is 10.2. The fourth-order valence-electron chi connectivity index (χ4n) is 1.46. The van der Waals surface area contributed by atoms with Gasteiger partial charge in [0.25, 0.3) is 5.91 Å². The molecule has 8 heteroatoms. The Hall–Kier alpha value is -2.41. The molecule has 0 saturated carbocycles. The number of halogens is 2. The second-order valence-corrected chi connectivity index (χ2v) is 4.52. The summed E-state index contributed by atoms with van der Waals surface area (Å²) >= 11 is 5.57. The molecule has 0 aliphatic carbocycles. The Labute approximate surface area is 123 Å². The molecule has 0 aliphatic heterocycles. The first-order valence-corrected chi connectivity index (χ1v) is 6.19. The number of benzene rings is 1. The molecule has 1 N–H and O–H groups in total. The van der Waals surface area contributed by atoms with E-state index < -0.39 is 24.3 Å². The second kappa shape index (κ2) is 6.36. The highest BCUT2D eigenvalue weighted by Gasteiger charge is 2.15. The molecule has 0 unspecified atom stereocenters. The largest absolute Gasteiger partial charge is 0.452 e. The van der Waals surface area contributed by atoms with Crippen LogP contribution >= 0.6 is 11.6 Å². The van der Waals surface area contributed by atoms with Gasteiger partial charge in [-0.1, -0.05) is 16.8 Å². The monoisotopic (exact) mass is 312 g/mol. The summed E-state index contributed by atoms with van der Waals surface area (Å²) in [6, 6.07) is 5.00. The average molecular weight is 313 g/mol. The number of rotatable bonds is 4. The Balaban J connectivity index is 1.90. The van der Waals surface area contributed by atoms with Crippen molar-refractivity contribution >= 4 is 29.4 Å². The van der Waals surface area contributed by atoms with E-state index in [9.17, 15) is 14.0 Å². The molecule has 6 nitrogen and oxygen atoms in total. The Morgan fingerprint density at radius 1 is 1.43 bits per heavy atom. The molecule has 2 aromatic rings. The first-order valence-electron chi connectivity index (χ1n) is 5.81. The molecule has 0 radical (unpaired) electrons. The van der Waals surface area contributed by atoms with E-state index in [4.69, 9.17) is 20.9 Å². The lowest BCUT2D eigenvalue weighted by Crippen LogP contribution is -2.21. The SMILES string of the molecule is Cc1cc(NC(=O)COC(=O)c2ccc(Cl)cc2F)on1. The molecule has 0 saturated heterocycles. The first-order chi connectivity index (χ1) is 9.95. The summed E-state index contributed by atoms with van der Waals surface area (Å²) < 4.78 is 22.9. The van der Waals surface area contributed by atoms with Gasteiger partial charge in [0.1, 0.15) is 5.82 Å². The molecule has 110 valence electrons. The Kier molecular flexibility index (Phi) is 4.54. The van der Waals surface area contributed by atoms with Crippen LogP contribution in [0.4, 0.5) is 10.3 Å². The highest BCUT2D eigenvalue weighted by atomic mass is 35.5. The maximum Gasteiger partial charge on any atom is 0.341 e. The quantitative estimate of drug-likeness (QED) is 0.877. The average Bonchev–Trinajstić information content (AvgIpc) is 2.81. The summed E-state index contributed by atoms with van der Waals surface area (Å²) in [4.78, 5) is 23.1. The zero-order valence-electron chi connectivity index (χ0n) is 10.9. The van der Waals surface area contributed by atoms with Crippen LogP contribution in [0.25, 0.3) is 0 Å². The highest BCUT2D eigenvalue weighted by Crippen LogP contribution is 2.15. The van der Waals surface area contributed by atoms with Crippen LogP contribution in [0.3, 0.4) is 0 Å². The maximum atomic E-state index is 13.5. The number of anilines is 1. The van der Waals surface area contributed by atoms with Crippen LogP contribution in [-0.2, 0) is 9.53 Å². The smallest absolute Gasteiger partial charge is 0.341 e. The lowest BCUT2D eigenvalue weighted by Gasteiger charge is -2.05. The van der Waals surface area contributed by atoms with E-state index in [1.807, 2.05) is 0 Å². The van der Waals surface area contributed by atoms with Crippen molar-refractivity contribution in [1.82, 2.24) is 5.16 Å². The number of carbonyl (C=O) groups excluding carboxylic acids is 2. The molecule has 1 aromatic carbocycles. The van der Waals surface area contributed by atoms with Gasteiger partial charge in [0.05, 0.1) is 11.3 Å². The van der Waals surface area contributed by atoms with Crippen molar-refractivity contribution < 1.29 is 23.2 Å². The lowest BCUT2D eigenvalue weighted by atomic mass is 10.2. The number of hydrogen-bond donors (Lipinski definition) is 1. The molecule has 0 bridgehead atoms. The molecule has 0 atom stereocenters. The van der Waals surface area contributed by atoms with Gasteiger partial charge >= 0.3 is 5.97 Å². The standard InChI is InChI=1S/C13H10ClFN2O4/c1-7-4-12(21-17-7)16-11(18)6-20-13(19)9-3-2-8(14)5-10(9)15/h2-5H,6H2,1H3,(H,16,18).